The van der Waals surface area contributed by atoms with Crippen molar-refractivity contribution in [2.24, 2.45) is 5.73 Å². The molecule has 0 aliphatic rings. The molecule has 1 amide bonds. The lowest BCUT2D eigenvalue weighted by Gasteiger charge is -2.13. The van der Waals surface area contributed by atoms with Gasteiger partial charge in [0, 0.05) is 4.47 Å². The third-order valence-corrected chi connectivity index (χ3v) is 4.17. The molecule has 1 aromatic carbocycles. The molecule has 1 aromatic heterocycles. The molecule has 0 fully saturated rings. The van der Waals surface area contributed by atoms with E-state index in [-0.39, 0.29) is 5.75 Å². The Balaban J connectivity index is 2.57. The first kappa shape index (κ1) is 14.9. The van der Waals surface area contributed by atoms with Crippen molar-refractivity contribution in [3.8, 4) is 0 Å². The number of nitrogens with two attached hydrogens (primary N) is 1. The second-order valence-corrected chi connectivity index (χ2v) is 6.02. The van der Waals surface area contributed by atoms with Crippen LogP contribution >= 0.6 is 27.7 Å². The molecule has 3 N–H and O–H groups in total. The number of hydrogen-bond donors (Lipinski definition) is 2. The molecule has 106 valence electrons. The lowest BCUT2D eigenvalue weighted by Crippen LogP contribution is -2.24. The lowest BCUT2D eigenvalue weighted by molar-refractivity contribution is -0.133. The second kappa shape index (κ2) is 5.84. The molecule has 0 spiro atoms. The van der Waals surface area contributed by atoms with E-state index in [1.54, 1.807) is 17.6 Å². The fraction of sp³-hybridized carbons (Fsp3) is 0.250. The smallest absolute Gasteiger partial charge is 0.313 e. The molecule has 0 bridgehead atoms. The molecule has 0 radical (unpaired) electrons. The summed E-state index contributed by atoms with van der Waals surface area (Å²) in [4.78, 5) is 26.5. The molecular weight excluding hydrogens is 346 g/mol. The normalized spacial score (nSPS) is 12.5. The summed E-state index contributed by atoms with van der Waals surface area (Å²) in [7, 11) is 0. The zero-order valence-electron chi connectivity index (χ0n) is 10.5. The number of aromatic nitrogens is 2. The fourth-order valence-electron chi connectivity index (χ4n) is 1.77. The van der Waals surface area contributed by atoms with Crippen LogP contribution in [-0.2, 0) is 9.59 Å². The predicted octanol–water partition coefficient (Wildman–Crippen LogP) is 2.02. The van der Waals surface area contributed by atoms with Crippen LogP contribution in [0, 0.1) is 0 Å². The van der Waals surface area contributed by atoms with Crippen molar-refractivity contribution in [2.75, 3.05) is 5.75 Å². The maximum absolute atomic E-state index is 11.5. The van der Waals surface area contributed by atoms with E-state index in [0.29, 0.717) is 10.7 Å². The average molecular weight is 358 g/mol. The minimum Gasteiger partial charge on any atom is -0.481 e. The van der Waals surface area contributed by atoms with Gasteiger partial charge in [0.1, 0.15) is 6.04 Å². The SMILES string of the molecule is CC(C(N)=O)n1c(SCC(=O)O)nc2ccc(Br)cc21. The molecule has 1 atom stereocenters. The molecule has 0 saturated carbocycles. The van der Waals surface area contributed by atoms with E-state index in [1.165, 1.54) is 0 Å². The Labute approximate surface area is 127 Å². The third-order valence-electron chi connectivity index (χ3n) is 2.74. The van der Waals surface area contributed by atoms with E-state index >= 15 is 0 Å². The summed E-state index contributed by atoms with van der Waals surface area (Å²) in [5.74, 6) is -1.57. The van der Waals surface area contributed by atoms with Crippen molar-refractivity contribution in [3.05, 3.63) is 22.7 Å². The Morgan fingerprint density at radius 3 is 2.85 bits per heavy atom. The van der Waals surface area contributed by atoms with E-state index in [9.17, 15) is 9.59 Å². The third kappa shape index (κ3) is 2.96. The zero-order chi connectivity index (χ0) is 14.9. The van der Waals surface area contributed by atoms with Crippen LogP contribution in [0.4, 0.5) is 0 Å². The number of hydrogen-bond acceptors (Lipinski definition) is 4. The second-order valence-electron chi connectivity index (χ2n) is 4.16. The van der Waals surface area contributed by atoms with E-state index in [1.807, 2.05) is 12.1 Å². The molecule has 8 heteroatoms. The Morgan fingerprint density at radius 2 is 2.25 bits per heavy atom. The molecule has 1 heterocycles. The Hall–Kier alpha value is -1.54. The average Bonchev–Trinajstić information content (AvgIpc) is 2.72. The van der Waals surface area contributed by atoms with Crippen molar-refractivity contribution >= 4 is 50.6 Å². The summed E-state index contributed by atoms with van der Waals surface area (Å²) in [6.45, 7) is 1.66. The van der Waals surface area contributed by atoms with Crippen molar-refractivity contribution in [1.82, 2.24) is 9.55 Å². The van der Waals surface area contributed by atoms with Crippen LogP contribution in [-0.4, -0.2) is 32.3 Å². The predicted molar refractivity (Wildman–Crippen MR) is 79.7 cm³/mol. The number of carbonyl (C=O) groups excluding carboxylic acids is 1. The summed E-state index contributed by atoms with van der Waals surface area (Å²) in [5, 5.41) is 9.24. The first-order valence-corrected chi connectivity index (χ1v) is 7.49. The van der Waals surface area contributed by atoms with Crippen molar-refractivity contribution < 1.29 is 14.7 Å². The largest absolute Gasteiger partial charge is 0.481 e. The minimum absolute atomic E-state index is 0.129. The van der Waals surface area contributed by atoms with Gasteiger partial charge in [-0.05, 0) is 25.1 Å². The molecule has 6 nitrogen and oxygen atoms in total. The monoisotopic (exact) mass is 357 g/mol. The number of carboxylic acids is 1. The summed E-state index contributed by atoms with van der Waals surface area (Å²) >= 11 is 4.43. The Bertz CT molecular complexity index is 686. The van der Waals surface area contributed by atoms with Gasteiger partial charge in [-0.15, -0.1) is 0 Å². The number of thioether (sulfide) groups is 1. The number of carbonyl (C=O) groups is 2. The maximum atomic E-state index is 11.5. The number of primary amides is 1. The Morgan fingerprint density at radius 1 is 1.55 bits per heavy atom. The van der Waals surface area contributed by atoms with Crippen LogP contribution < -0.4 is 5.73 Å². The van der Waals surface area contributed by atoms with Crippen LogP contribution in [0.3, 0.4) is 0 Å². The maximum Gasteiger partial charge on any atom is 0.313 e. The van der Waals surface area contributed by atoms with Gasteiger partial charge < -0.3 is 15.4 Å². The van der Waals surface area contributed by atoms with Crippen molar-refractivity contribution in [2.45, 2.75) is 18.1 Å². The van der Waals surface area contributed by atoms with Crippen LogP contribution in [0.5, 0.6) is 0 Å². The number of carboxylic acid groups (broad SMARTS) is 1. The van der Waals surface area contributed by atoms with Crippen molar-refractivity contribution in [1.29, 1.82) is 0 Å². The molecule has 2 aromatic rings. The number of rotatable bonds is 5. The van der Waals surface area contributed by atoms with E-state index < -0.39 is 17.9 Å². The number of aliphatic carboxylic acids is 1. The number of fused-ring (bicyclic) bond motifs is 1. The highest BCUT2D eigenvalue weighted by atomic mass is 79.9. The molecule has 0 aliphatic heterocycles. The highest BCUT2D eigenvalue weighted by molar-refractivity contribution is 9.10. The number of halogens is 1. The number of imidazole rings is 1. The molecule has 0 aliphatic carbocycles. The minimum atomic E-state index is -0.943. The summed E-state index contributed by atoms with van der Waals surface area (Å²) in [6.07, 6.45) is 0. The molecular formula is C12H12BrN3O3S. The summed E-state index contributed by atoms with van der Waals surface area (Å²) in [5.41, 5.74) is 6.78. The quantitative estimate of drug-likeness (QED) is 0.797. The van der Waals surface area contributed by atoms with E-state index in [2.05, 4.69) is 20.9 Å². The topological polar surface area (TPSA) is 98.2 Å². The lowest BCUT2D eigenvalue weighted by atomic mass is 10.2. The first-order chi connectivity index (χ1) is 9.40. The van der Waals surface area contributed by atoms with Crippen molar-refractivity contribution in [3.63, 3.8) is 0 Å². The number of benzene rings is 1. The van der Waals surface area contributed by atoms with Gasteiger partial charge in [-0.3, -0.25) is 9.59 Å². The van der Waals surface area contributed by atoms with Gasteiger partial charge in [0.05, 0.1) is 16.8 Å². The zero-order valence-corrected chi connectivity index (χ0v) is 12.9. The first-order valence-electron chi connectivity index (χ1n) is 5.71. The van der Waals surface area contributed by atoms with Crippen LogP contribution in [0.25, 0.3) is 11.0 Å². The van der Waals surface area contributed by atoms with Crippen LogP contribution in [0.1, 0.15) is 13.0 Å². The Kier molecular flexibility index (Phi) is 4.34. The van der Waals surface area contributed by atoms with Crippen LogP contribution in [0.2, 0.25) is 0 Å². The van der Waals surface area contributed by atoms with Gasteiger partial charge in [0.2, 0.25) is 5.91 Å². The molecule has 0 saturated heterocycles. The van der Waals surface area contributed by atoms with Gasteiger partial charge in [0.15, 0.2) is 5.16 Å². The van der Waals surface area contributed by atoms with Gasteiger partial charge in [0.25, 0.3) is 0 Å². The fourth-order valence-corrected chi connectivity index (χ4v) is 2.93. The van der Waals surface area contributed by atoms with Crippen LogP contribution in [0.15, 0.2) is 27.8 Å². The summed E-state index contributed by atoms with van der Waals surface area (Å²) in [6, 6.07) is 4.85. The highest BCUT2D eigenvalue weighted by Gasteiger charge is 2.20. The molecule has 2 rings (SSSR count). The number of amides is 1. The van der Waals surface area contributed by atoms with Gasteiger partial charge in [-0.25, -0.2) is 4.98 Å². The molecule has 1 unspecified atom stereocenters. The standard InChI is InChI=1S/C12H12BrN3O3S/c1-6(11(14)19)16-9-4-7(13)2-3-8(9)15-12(16)20-5-10(17)18/h2-4,6H,5H2,1H3,(H2,14,19)(H,17,18). The van der Waals surface area contributed by atoms with E-state index in [4.69, 9.17) is 10.8 Å². The summed E-state index contributed by atoms with van der Waals surface area (Å²) < 4.78 is 2.51. The van der Waals surface area contributed by atoms with Gasteiger partial charge in [-0.2, -0.15) is 0 Å². The van der Waals surface area contributed by atoms with Gasteiger partial charge >= 0.3 is 5.97 Å². The van der Waals surface area contributed by atoms with Gasteiger partial charge in [-0.1, -0.05) is 27.7 Å². The number of nitrogens with zero attached hydrogens (tertiary/aromatic N) is 2. The molecule has 20 heavy (non-hydrogen) atoms. The highest BCUT2D eigenvalue weighted by Crippen LogP contribution is 2.29. The van der Waals surface area contributed by atoms with E-state index in [0.717, 1.165) is 21.8 Å².